The molecule has 0 saturated carbocycles. The second-order valence-corrected chi connectivity index (χ2v) is 11.0. The number of benzene rings is 1. The molecule has 8 nitrogen and oxygen atoms in total. The maximum Gasteiger partial charge on any atom is 0.426 e. The van der Waals surface area contributed by atoms with Crippen LogP contribution in [0.5, 0.6) is 0 Å². The number of rotatable bonds is 8. The van der Waals surface area contributed by atoms with Crippen LogP contribution in [0.3, 0.4) is 0 Å². The Hall–Kier alpha value is -2.16. The molecule has 3 aliphatic rings. The summed E-state index contributed by atoms with van der Waals surface area (Å²) in [5.74, 6) is -0.00348. The molecular weight excluding hydrogens is 466 g/mol. The van der Waals surface area contributed by atoms with Gasteiger partial charge in [0.15, 0.2) is 0 Å². The summed E-state index contributed by atoms with van der Waals surface area (Å²) in [5, 5.41) is 4.67. The summed E-state index contributed by atoms with van der Waals surface area (Å²) in [6.45, 7) is 11.3. The summed E-state index contributed by atoms with van der Waals surface area (Å²) in [6, 6.07) is 6.46. The summed E-state index contributed by atoms with van der Waals surface area (Å²) in [4.78, 5) is 39.1. The smallest absolute Gasteiger partial charge is 0.351 e. The van der Waals surface area contributed by atoms with E-state index < -0.39 is 12.1 Å². The molecule has 2 amide bonds. The Labute approximate surface area is 223 Å². The number of hydrogen-bond acceptors (Lipinski definition) is 6. The van der Waals surface area contributed by atoms with E-state index in [9.17, 15) is 9.59 Å². The summed E-state index contributed by atoms with van der Waals surface area (Å²) in [5.41, 5.74) is 3.74. The van der Waals surface area contributed by atoms with Gasteiger partial charge in [-0.15, -0.1) is 5.06 Å². The first-order chi connectivity index (χ1) is 18.0. The van der Waals surface area contributed by atoms with Gasteiger partial charge in [0.1, 0.15) is 6.04 Å². The number of likely N-dealkylation sites (tertiary alicyclic amines) is 1. The first-order valence-electron chi connectivity index (χ1n) is 14.5. The van der Waals surface area contributed by atoms with Gasteiger partial charge in [0.25, 0.3) is 0 Å². The van der Waals surface area contributed by atoms with Gasteiger partial charge in [0, 0.05) is 51.7 Å². The van der Waals surface area contributed by atoms with Gasteiger partial charge in [-0.25, -0.2) is 4.79 Å². The van der Waals surface area contributed by atoms with E-state index in [-0.39, 0.29) is 5.91 Å². The molecule has 1 N–H and O–H groups in total. The first-order valence-corrected chi connectivity index (χ1v) is 14.5. The lowest BCUT2D eigenvalue weighted by molar-refractivity contribution is -0.137. The van der Waals surface area contributed by atoms with Crippen LogP contribution in [0, 0.1) is 0 Å². The van der Waals surface area contributed by atoms with Gasteiger partial charge in [-0.3, -0.25) is 9.69 Å². The van der Waals surface area contributed by atoms with Gasteiger partial charge >= 0.3 is 6.09 Å². The highest BCUT2D eigenvalue weighted by atomic mass is 16.7. The van der Waals surface area contributed by atoms with Crippen LogP contribution in [0.1, 0.15) is 62.6 Å². The molecule has 1 aromatic carbocycles. The largest absolute Gasteiger partial charge is 0.426 e. The van der Waals surface area contributed by atoms with E-state index in [0.717, 1.165) is 70.5 Å². The standard InChI is InChI=1S/C29H47N5O3/c1-4-24-10-9-23(21-25(24)5-2)22-27(30-29(36)37-34-13-7-6-8-14-34)28(35)33-19-17-32(18-20-33)26-11-15-31(3)16-12-26/h9-10,21,26-27H,4-8,11-20,22H2,1-3H3,(H,30,36). The fourth-order valence-corrected chi connectivity index (χ4v) is 6.05. The van der Waals surface area contributed by atoms with Gasteiger partial charge in [-0.2, -0.15) is 0 Å². The van der Waals surface area contributed by atoms with Crippen LogP contribution in [-0.4, -0.2) is 103 Å². The number of hydroxylamine groups is 2. The van der Waals surface area contributed by atoms with Crippen molar-refractivity contribution in [2.75, 3.05) is 59.4 Å². The lowest BCUT2D eigenvalue weighted by Crippen LogP contribution is -2.58. The number of nitrogens with one attached hydrogen (secondary N) is 1. The predicted molar refractivity (Wildman–Crippen MR) is 146 cm³/mol. The van der Waals surface area contributed by atoms with E-state index in [1.165, 1.54) is 30.4 Å². The lowest BCUT2D eigenvalue weighted by atomic mass is 9.96. The molecule has 206 valence electrons. The van der Waals surface area contributed by atoms with Crippen LogP contribution in [0.4, 0.5) is 4.79 Å². The highest BCUT2D eigenvalue weighted by Gasteiger charge is 2.32. The average molecular weight is 514 g/mol. The molecule has 3 fully saturated rings. The maximum absolute atomic E-state index is 13.8. The van der Waals surface area contributed by atoms with Crippen molar-refractivity contribution >= 4 is 12.0 Å². The fraction of sp³-hybridized carbons (Fsp3) is 0.724. The van der Waals surface area contributed by atoms with Crippen molar-refractivity contribution in [2.45, 2.75) is 77.3 Å². The monoisotopic (exact) mass is 513 g/mol. The van der Waals surface area contributed by atoms with Crippen molar-refractivity contribution in [2.24, 2.45) is 0 Å². The average Bonchev–Trinajstić information content (AvgIpc) is 2.93. The molecule has 1 atom stereocenters. The zero-order valence-electron chi connectivity index (χ0n) is 23.2. The van der Waals surface area contributed by atoms with Crippen LogP contribution < -0.4 is 5.32 Å². The number of carbonyl (C=O) groups is 2. The van der Waals surface area contributed by atoms with E-state index >= 15 is 0 Å². The van der Waals surface area contributed by atoms with E-state index in [2.05, 4.69) is 54.2 Å². The molecule has 0 spiro atoms. The highest BCUT2D eigenvalue weighted by molar-refractivity contribution is 5.86. The molecule has 4 rings (SSSR count). The molecule has 0 bridgehead atoms. The van der Waals surface area contributed by atoms with E-state index in [1.807, 2.05) is 4.90 Å². The zero-order valence-corrected chi connectivity index (χ0v) is 23.2. The SMILES string of the molecule is CCc1ccc(CC(NC(=O)ON2CCCCC2)C(=O)N2CCN(C3CCN(C)CC3)CC2)cc1CC. The molecule has 3 aliphatic heterocycles. The molecule has 3 saturated heterocycles. The summed E-state index contributed by atoms with van der Waals surface area (Å²) < 4.78 is 0. The van der Waals surface area contributed by atoms with Crippen LogP contribution in [0.25, 0.3) is 0 Å². The van der Waals surface area contributed by atoms with Crippen molar-refractivity contribution in [3.63, 3.8) is 0 Å². The minimum atomic E-state index is -0.635. The Morgan fingerprint density at radius 2 is 1.59 bits per heavy atom. The van der Waals surface area contributed by atoms with Crippen LogP contribution >= 0.6 is 0 Å². The van der Waals surface area contributed by atoms with Gasteiger partial charge in [-0.05, 0) is 75.4 Å². The molecule has 3 heterocycles. The molecule has 8 heteroatoms. The Morgan fingerprint density at radius 1 is 0.919 bits per heavy atom. The third kappa shape index (κ3) is 7.68. The fourth-order valence-electron chi connectivity index (χ4n) is 6.05. The molecule has 0 radical (unpaired) electrons. The second-order valence-electron chi connectivity index (χ2n) is 11.0. The number of nitrogens with zero attached hydrogens (tertiary/aromatic N) is 4. The number of hydrogen-bond donors (Lipinski definition) is 1. The minimum Gasteiger partial charge on any atom is -0.351 e. The third-order valence-electron chi connectivity index (χ3n) is 8.42. The Morgan fingerprint density at radius 3 is 2.24 bits per heavy atom. The van der Waals surface area contributed by atoms with Crippen molar-refractivity contribution in [1.82, 2.24) is 25.1 Å². The molecule has 1 unspecified atom stereocenters. The van der Waals surface area contributed by atoms with Crippen LogP contribution in [0.2, 0.25) is 0 Å². The molecule has 1 aromatic rings. The highest BCUT2D eigenvalue weighted by Crippen LogP contribution is 2.20. The predicted octanol–water partition coefficient (Wildman–Crippen LogP) is 3.09. The van der Waals surface area contributed by atoms with Gasteiger partial charge in [-0.1, -0.05) is 38.5 Å². The Kier molecular flexibility index (Phi) is 10.2. The van der Waals surface area contributed by atoms with E-state index in [0.29, 0.717) is 25.6 Å². The first kappa shape index (κ1) is 27.9. The van der Waals surface area contributed by atoms with Crippen molar-refractivity contribution < 1.29 is 14.4 Å². The van der Waals surface area contributed by atoms with Gasteiger partial charge < -0.3 is 20.0 Å². The molecule has 0 aromatic heterocycles. The minimum absolute atomic E-state index is 0.00348. The zero-order chi connectivity index (χ0) is 26.2. The summed E-state index contributed by atoms with van der Waals surface area (Å²) >= 11 is 0. The van der Waals surface area contributed by atoms with E-state index in [4.69, 9.17) is 4.84 Å². The van der Waals surface area contributed by atoms with Crippen molar-refractivity contribution in [3.05, 3.63) is 34.9 Å². The summed E-state index contributed by atoms with van der Waals surface area (Å²) in [6.07, 6.45) is 7.52. The quantitative estimate of drug-likeness (QED) is 0.576. The lowest BCUT2D eigenvalue weighted by Gasteiger charge is -2.42. The van der Waals surface area contributed by atoms with Crippen molar-refractivity contribution in [3.8, 4) is 0 Å². The number of amides is 2. The van der Waals surface area contributed by atoms with Gasteiger partial charge in [0.2, 0.25) is 5.91 Å². The number of piperidine rings is 2. The number of piperazine rings is 1. The third-order valence-corrected chi connectivity index (χ3v) is 8.42. The maximum atomic E-state index is 13.8. The van der Waals surface area contributed by atoms with Crippen LogP contribution in [0.15, 0.2) is 18.2 Å². The topological polar surface area (TPSA) is 68.4 Å². The number of carbonyl (C=O) groups excluding carboxylic acids is 2. The Bertz CT molecular complexity index is 888. The normalized spacial score (nSPS) is 21.5. The molecule has 37 heavy (non-hydrogen) atoms. The second kappa shape index (κ2) is 13.6. The number of aryl methyl sites for hydroxylation is 2. The molecular formula is C29H47N5O3. The summed E-state index contributed by atoms with van der Waals surface area (Å²) in [7, 11) is 2.19. The van der Waals surface area contributed by atoms with Crippen LogP contribution in [-0.2, 0) is 28.9 Å². The van der Waals surface area contributed by atoms with E-state index in [1.54, 1.807) is 5.06 Å². The Balaban J connectivity index is 1.41. The van der Waals surface area contributed by atoms with Gasteiger partial charge in [0.05, 0.1) is 0 Å². The molecule has 0 aliphatic carbocycles. The van der Waals surface area contributed by atoms with Crippen molar-refractivity contribution in [1.29, 1.82) is 0 Å².